The lowest BCUT2D eigenvalue weighted by molar-refractivity contribution is 0.573. The highest BCUT2D eigenvalue weighted by Gasteiger charge is 2.12. The van der Waals surface area contributed by atoms with Gasteiger partial charge in [-0.25, -0.2) is 0 Å². The minimum atomic E-state index is -3.75. The van der Waals surface area contributed by atoms with Gasteiger partial charge in [-0.2, -0.15) is 18.4 Å². The molecular weight excluding hydrogens is 428 g/mol. The summed E-state index contributed by atoms with van der Waals surface area (Å²) in [4.78, 5) is 2.21. The minimum absolute atomic E-state index is 0.0732. The minimum Gasteiger partial charge on any atom is -0.455 e. The molecule has 0 amide bonds. The van der Waals surface area contributed by atoms with Gasteiger partial charge in [0.15, 0.2) is 0 Å². The Hall–Kier alpha value is -2.09. The standard InChI is InChI=1S/C17H12BrClN2O3S/c18-13-3-1-12(2-4-13)17-10-7-15(24-17)11-20-21-25(22,23)16-8-5-14(19)6-9-16/h1-11,21H/b20-11-. The Kier molecular flexibility index (Phi) is 5.27. The zero-order valence-corrected chi connectivity index (χ0v) is 15.8. The van der Waals surface area contributed by atoms with E-state index >= 15 is 0 Å². The second-order valence-corrected chi connectivity index (χ2v) is 8.03. The monoisotopic (exact) mass is 438 g/mol. The fraction of sp³-hybridized carbons (Fsp3) is 0. The van der Waals surface area contributed by atoms with E-state index in [1.54, 1.807) is 12.1 Å². The largest absolute Gasteiger partial charge is 0.455 e. The molecule has 25 heavy (non-hydrogen) atoms. The molecule has 1 heterocycles. The van der Waals surface area contributed by atoms with E-state index in [9.17, 15) is 8.42 Å². The molecule has 2 aromatic carbocycles. The lowest BCUT2D eigenvalue weighted by Gasteiger charge is -2.02. The molecule has 1 N–H and O–H groups in total. The molecular formula is C17H12BrClN2O3S. The van der Waals surface area contributed by atoms with Crippen LogP contribution < -0.4 is 4.83 Å². The third-order valence-electron chi connectivity index (χ3n) is 3.24. The van der Waals surface area contributed by atoms with Crippen molar-refractivity contribution in [2.75, 3.05) is 0 Å². The summed E-state index contributed by atoms with van der Waals surface area (Å²) in [6.45, 7) is 0. The SMILES string of the molecule is O=S(=O)(N/N=C\c1ccc(-c2ccc(Br)cc2)o1)c1ccc(Cl)cc1. The van der Waals surface area contributed by atoms with Gasteiger partial charge in [0.1, 0.15) is 11.5 Å². The smallest absolute Gasteiger partial charge is 0.276 e. The van der Waals surface area contributed by atoms with E-state index in [0.29, 0.717) is 16.5 Å². The first-order valence-corrected chi connectivity index (χ1v) is 9.76. The second-order valence-electron chi connectivity index (χ2n) is 5.02. The van der Waals surface area contributed by atoms with Crippen molar-refractivity contribution in [3.05, 3.63) is 75.9 Å². The average molecular weight is 440 g/mol. The Morgan fingerprint density at radius 2 is 1.68 bits per heavy atom. The summed E-state index contributed by atoms with van der Waals surface area (Å²) in [5, 5.41) is 4.19. The van der Waals surface area contributed by atoms with E-state index in [0.717, 1.165) is 10.0 Å². The Morgan fingerprint density at radius 3 is 2.36 bits per heavy atom. The van der Waals surface area contributed by atoms with Gasteiger partial charge >= 0.3 is 0 Å². The van der Waals surface area contributed by atoms with E-state index in [4.69, 9.17) is 16.0 Å². The lowest BCUT2D eigenvalue weighted by atomic mass is 10.2. The number of hydrogen-bond acceptors (Lipinski definition) is 4. The van der Waals surface area contributed by atoms with Crippen LogP contribution in [-0.2, 0) is 10.0 Å². The first-order valence-electron chi connectivity index (χ1n) is 7.10. The summed E-state index contributed by atoms with van der Waals surface area (Å²) in [5.41, 5.74) is 0.907. The third kappa shape index (κ3) is 4.50. The van der Waals surface area contributed by atoms with Crippen LogP contribution in [0.1, 0.15) is 5.76 Å². The maximum absolute atomic E-state index is 12.1. The first kappa shape index (κ1) is 17.7. The molecule has 0 aliphatic heterocycles. The quantitative estimate of drug-likeness (QED) is 0.464. The maximum Gasteiger partial charge on any atom is 0.276 e. The Bertz CT molecular complexity index is 997. The first-order chi connectivity index (χ1) is 11.9. The molecule has 8 heteroatoms. The molecule has 0 aliphatic rings. The average Bonchev–Trinajstić information content (AvgIpc) is 3.04. The van der Waals surface area contributed by atoms with Gasteiger partial charge in [-0.15, -0.1) is 0 Å². The molecule has 0 saturated carbocycles. The molecule has 3 aromatic rings. The van der Waals surface area contributed by atoms with E-state index in [-0.39, 0.29) is 4.90 Å². The Labute approximate surface area is 158 Å². The number of sulfonamides is 1. The van der Waals surface area contributed by atoms with Crippen molar-refractivity contribution in [3.63, 3.8) is 0 Å². The lowest BCUT2D eigenvalue weighted by Crippen LogP contribution is -2.18. The van der Waals surface area contributed by atoms with E-state index in [2.05, 4.69) is 25.9 Å². The van der Waals surface area contributed by atoms with Crippen LogP contribution in [-0.4, -0.2) is 14.6 Å². The summed E-state index contributed by atoms with van der Waals surface area (Å²) >= 11 is 9.12. The van der Waals surface area contributed by atoms with Gasteiger partial charge in [0.2, 0.25) is 0 Å². The van der Waals surface area contributed by atoms with Gasteiger partial charge in [-0.3, -0.25) is 0 Å². The Balaban J connectivity index is 1.70. The highest BCUT2D eigenvalue weighted by Crippen LogP contribution is 2.23. The van der Waals surface area contributed by atoms with E-state index < -0.39 is 10.0 Å². The van der Waals surface area contributed by atoms with Gasteiger partial charge in [-0.05, 0) is 48.5 Å². The Morgan fingerprint density at radius 1 is 1.00 bits per heavy atom. The van der Waals surface area contributed by atoms with Crippen LogP contribution in [0.4, 0.5) is 0 Å². The van der Waals surface area contributed by atoms with Crippen molar-refractivity contribution in [1.82, 2.24) is 4.83 Å². The van der Waals surface area contributed by atoms with E-state index in [1.807, 2.05) is 24.3 Å². The van der Waals surface area contributed by atoms with Crippen molar-refractivity contribution in [2.45, 2.75) is 4.90 Å². The molecule has 0 unspecified atom stereocenters. The number of rotatable bonds is 5. The molecule has 1 aromatic heterocycles. The molecule has 128 valence electrons. The summed E-state index contributed by atoms with van der Waals surface area (Å²) in [7, 11) is -3.75. The summed E-state index contributed by atoms with van der Waals surface area (Å²) in [6.07, 6.45) is 1.30. The molecule has 0 saturated heterocycles. The maximum atomic E-state index is 12.1. The van der Waals surface area contributed by atoms with E-state index in [1.165, 1.54) is 30.5 Å². The number of benzene rings is 2. The highest BCUT2D eigenvalue weighted by atomic mass is 79.9. The van der Waals surface area contributed by atoms with Crippen molar-refractivity contribution >= 4 is 43.8 Å². The predicted molar refractivity (Wildman–Crippen MR) is 101 cm³/mol. The molecule has 0 bridgehead atoms. The van der Waals surface area contributed by atoms with Gasteiger partial charge in [0.25, 0.3) is 10.0 Å². The number of hydrazone groups is 1. The normalized spacial score (nSPS) is 11.8. The van der Waals surface area contributed by atoms with Gasteiger partial charge in [-0.1, -0.05) is 39.7 Å². The summed E-state index contributed by atoms with van der Waals surface area (Å²) < 4.78 is 30.8. The number of nitrogens with zero attached hydrogens (tertiary/aromatic N) is 1. The number of furan rings is 1. The van der Waals surface area contributed by atoms with Crippen molar-refractivity contribution in [2.24, 2.45) is 5.10 Å². The highest BCUT2D eigenvalue weighted by molar-refractivity contribution is 9.10. The van der Waals surface area contributed by atoms with Crippen LogP contribution in [0.25, 0.3) is 11.3 Å². The van der Waals surface area contributed by atoms with Crippen LogP contribution in [0.5, 0.6) is 0 Å². The van der Waals surface area contributed by atoms with Gasteiger partial charge < -0.3 is 4.42 Å². The molecule has 3 rings (SSSR count). The molecule has 5 nitrogen and oxygen atoms in total. The molecule has 0 fully saturated rings. The van der Waals surface area contributed by atoms with Crippen LogP contribution in [0, 0.1) is 0 Å². The number of nitrogens with one attached hydrogen (secondary N) is 1. The van der Waals surface area contributed by atoms with Crippen LogP contribution in [0.15, 0.2) is 79.6 Å². The van der Waals surface area contributed by atoms with Crippen molar-refractivity contribution in [3.8, 4) is 11.3 Å². The van der Waals surface area contributed by atoms with Crippen molar-refractivity contribution < 1.29 is 12.8 Å². The number of halogens is 2. The number of hydrogen-bond donors (Lipinski definition) is 1. The third-order valence-corrected chi connectivity index (χ3v) is 5.26. The molecule has 0 spiro atoms. The second kappa shape index (κ2) is 7.43. The van der Waals surface area contributed by atoms with Crippen LogP contribution in [0.2, 0.25) is 5.02 Å². The molecule has 0 aliphatic carbocycles. The zero-order valence-electron chi connectivity index (χ0n) is 12.7. The zero-order chi connectivity index (χ0) is 17.9. The van der Waals surface area contributed by atoms with Gasteiger partial charge in [0.05, 0.1) is 11.1 Å². The van der Waals surface area contributed by atoms with Crippen molar-refractivity contribution in [1.29, 1.82) is 0 Å². The predicted octanol–water partition coefficient (Wildman–Crippen LogP) is 4.67. The fourth-order valence-electron chi connectivity index (χ4n) is 2.02. The fourth-order valence-corrected chi connectivity index (χ4v) is 3.20. The van der Waals surface area contributed by atoms with Gasteiger partial charge in [0, 0.05) is 15.1 Å². The summed E-state index contributed by atoms with van der Waals surface area (Å²) in [6, 6.07) is 16.9. The molecule has 0 atom stereocenters. The van der Waals surface area contributed by atoms with Crippen LogP contribution >= 0.6 is 27.5 Å². The molecule has 0 radical (unpaired) electrons. The topological polar surface area (TPSA) is 71.7 Å². The summed E-state index contributed by atoms with van der Waals surface area (Å²) in [5.74, 6) is 1.09. The van der Waals surface area contributed by atoms with Crippen LogP contribution in [0.3, 0.4) is 0 Å².